The van der Waals surface area contributed by atoms with Gasteiger partial charge in [0.15, 0.2) is 17.5 Å². The third kappa shape index (κ3) is 5.83. The molecule has 40 heavy (non-hydrogen) atoms. The summed E-state index contributed by atoms with van der Waals surface area (Å²) in [6.07, 6.45) is 0. The molecule has 0 spiro atoms. The minimum absolute atomic E-state index is 0.274. The molecule has 0 amide bonds. The largest absolute Gasteiger partial charge is 0.423 e. The van der Waals surface area contributed by atoms with E-state index in [0.29, 0.717) is 17.7 Å². The van der Waals surface area contributed by atoms with Gasteiger partial charge in [-0.3, -0.25) is 0 Å². The number of ether oxygens (including phenoxy) is 2. The van der Waals surface area contributed by atoms with E-state index in [1.807, 2.05) is 0 Å². The van der Waals surface area contributed by atoms with Gasteiger partial charge in [-0.2, -0.15) is 0 Å². The van der Waals surface area contributed by atoms with Crippen molar-refractivity contribution in [3.8, 4) is 11.5 Å². The molecule has 4 rings (SSSR count). The maximum absolute atomic E-state index is 14.8. The van der Waals surface area contributed by atoms with Crippen molar-refractivity contribution in [2.75, 3.05) is 0 Å². The lowest BCUT2D eigenvalue weighted by molar-refractivity contribution is 0.0718. The molecule has 0 radical (unpaired) electrons. The van der Waals surface area contributed by atoms with E-state index in [2.05, 4.69) is 0 Å². The highest BCUT2D eigenvalue weighted by atomic mass is 19.2. The van der Waals surface area contributed by atoms with E-state index in [1.165, 1.54) is 19.1 Å². The van der Waals surface area contributed by atoms with Crippen molar-refractivity contribution in [2.24, 2.45) is 0 Å². The SMILES string of the molecule is Cc1c(F)cc(OC(=O)c2ccc(C(C)c3ccc(C(=O)Oc4cc(F)c(F)c(F)c4)c(F)c3)cc2F)cc1F. The molecule has 0 aliphatic carbocycles. The highest BCUT2D eigenvalue weighted by Gasteiger charge is 2.21. The van der Waals surface area contributed by atoms with Crippen LogP contribution < -0.4 is 9.47 Å². The molecule has 0 saturated carbocycles. The maximum Gasteiger partial charge on any atom is 0.346 e. The van der Waals surface area contributed by atoms with Gasteiger partial charge in [0.2, 0.25) is 0 Å². The van der Waals surface area contributed by atoms with Gasteiger partial charge in [-0.15, -0.1) is 0 Å². The highest BCUT2D eigenvalue weighted by Crippen LogP contribution is 2.29. The lowest BCUT2D eigenvalue weighted by atomic mass is 9.91. The lowest BCUT2D eigenvalue weighted by Gasteiger charge is -2.15. The Morgan fingerprint density at radius 1 is 0.575 bits per heavy atom. The summed E-state index contributed by atoms with van der Waals surface area (Å²) < 4.78 is 106. The molecule has 4 nitrogen and oxygen atoms in total. The average molecular weight is 562 g/mol. The van der Waals surface area contributed by atoms with Gasteiger partial charge in [0.1, 0.15) is 34.8 Å². The Morgan fingerprint density at radius 3 is 1.32 bits per heavy atom. The van der Waals surface area contributed by atoms with Crippen molar-refractivity contribution < 1.29 is 49.8 Å². The van der Waals surface area contributed by atoms with E-state index in [1.54, 1.807) is 6.92 Å². The Kier molecular flexibility index (Phi) is 7.94. The minimum Gasteiger partial charge on any atom is -0.423 e. The van der Waals surface area contributed by atoms with Gasteiger partial charge in [0, 0.05) is 35.7 Å². The first-order valence-electron chi connectivity index (χ1n) is 11.5. The molecule has 0 bridgehead atoms. The third-order valence-electron chi connectivity index (χ3n) is 6.06. The normalized spacial score (nSPS) is 11.7. The van der Waals surface area contributed by atoms with Crippen LogP contribution in [-0.2, 0) is 0 Å². The molecule has 4 aromatic carbocycles. The number of hydrogen-bond donors (Lipinski definition) is 0. The molecule has 206 valence electrons. The first kappa shape index (κ1) is 28.3. The molecule has 0 saturated heterocycles. The number of rotatable bonds is 6. The van der Waals surface area contributed by atoms with Crippen LogP contribution in [0.2, 0.25) is 0 Å². The zero-order valence-electron chi connectivity index (χ0n) is 20.6. The number of carbonyl (C=O) groups excluding carboxylic acids is 2. The predicted octanol–water partition coefficient (Wildman–Crippen LogP) is 7.56. The van der Waals surface area contributed by atoms with Crippen LogP contribution in [0.15, 0.2) is 60.7 Å². The smallest absolute Gasteiger partial charge is 0.346 e. The van der Waals surface area contributed by atoms with E-state index in [0.717, 1.165) is 36.4 Å². The fourth-order valence-electron chi connectivity index (χ4n) is 3.72. The van der Waals surface area contributed by atoms with Crippen LogP contribution in [0.3, 0.4) is 0 Å². The molecule has 4 aromatic rings. The van der Waals surface area contributed by atoms with Crippen LogP contribution in [0.1, 0.15) is 50.2 Å². The molecule has 0 N–H and O–H groups in total. The monoisotopic (exact) mass is 562 g/mol. The van der Waals surface area contributed by atoms with E-state index < -0.39 is 81.2 Å². The zero-order valence-corrected chi connectivity index (χ0v) is 20.6. The lowest BCUT2D eigenvalue weighted by Crippen LogP contribution is -2.13. The fourth-order valence-corrected chi connectivity index (χ4v) is 3.72. The van der Waals surface area contributed by atoms with Crippen molar-refractivity contribution in [3.63, 3.8) is 0 Å². The number of benzene rings is 4. The summed E-state index contributed by atoms with van der Waals surface area (Å²) in [5.74, 6) is -13.2. The van der Waals surface area contributed by atoms with Crippen LogP contribution in [0, 0.1) is 47.6 Å². The van der Waals surface area contributed by atoms with Crippen molar-refractivity contribution >= 4 is 11.9 Å². The average Bonchev–Trinajstić information content (AvgIpc) is 2.89. The number of halogens is 7. The minimum atomic E-state index is -1.76. The summed E-state index contributed by atoms with van der Waals surface area (Å²) in [4.78, 5) is 24.7. The molecule has 0 aliphatic heterocycles. The maximum atomic E-state index is 14.8. The van der Waals surface area contributed by atoms with Gasteiger partial charge >= 0.3 is 11.9 Å². The Morgan fingerprint density at radius 2 is 0.950 bits per heavy atom. The summed E-state index contributed by atoms with van der Waals surface area (Å²) in [6, 6.07) is 9.21. The summed E-state index contributed by atoms with van der Waals surface area (Å²) in [5, 5.41) is 0. The zero-order chi connectivity index (χ0) is 29.3. The van der Waals surface area contributed by atoms with Gasteiger partial charge in [-0.1, -0.05) is 19.1 Å². The topological polar surface area (TPSA) is 52.6 Å². The highest BCUT2D eigenvalue weighted by molar-refractivity contribution is 5.92. The van der Waals surface area contributed by atoms with Gasteiger partial charge in [-0.05, 0) is 42.3 Å². The van der Waals surface area contributed by atoms with Crippen LogP contribution in [0.25, 0.3) is 0 Å². The van der Waals surface area contributed by atoms with E-state index >= 15 is 0 Å². The van der Waals surface area contributed by atoms with Gasteiger partial charge < -0.3 is 9.47 Å². The van der Waals surface area contributed by atoms with Gasteiger partial charge in [0.25, 0.3) is 0 Å². The van der Waals surface area contributed by atoms with Crippen molar-refractivity contribution in [1.29, 1.82) is 0 Å². The van der Waals surface area contributed by atoms with Gasteiger partial charge in [-0.25, -0.2) is 40.3 Å². The standard InChI is InChI=1S/C29H17F7O4/c1-13(15-3-5-19(23(32)7-15)28(37)39-17-9-21(30)14(2)22(31)10-17)16-4-6-20(24(33)8-16)29(38)40-18-11-25(34)27(36)26(35)12-18/h3-13H,1-2H3. The second-order valence-electron chi connectivity index (χ2n) is 8.69. The molecule has 0 aromatic heterocycles. The first-order chi connectivity index (χ1) is 18.8. The molecule has 0 heterocycles. The quantitative estimate of drug-likeness (QED) is 0.105. The van der Waals surface area contributed by atoms with Crippen molar-refractivity contribution in [3.05, 3.63) is 129 Å². The van der Waals surface area contributed by atoms with Crippen LogP contribution in [0.4, 0.5) is 30.7 Å². The summed E-state index contributed by atoms with van der Waals surface area (Å²) in [7, 11) is 0. The number of hydrogen-bond acceptors (Lipinski definition) is 4. The van der Waals surface area contributed by atoms with E-state index in [-0.39, 0.29) is 11.1 Å². The molecule has 0 aliphatic rings. The fraction of sp³-hybridized carbons (Fsp3) is 0.103. The van der Waals surface area contributed by atoms with Crippen molar-refractivity contribution in [2.45, 2.75) is 19.8 Å². The molecule has 1 unspecified atom stereocenters. The Labute approximate surface area is 222 Å². The Balaban J connectivity index is 1.50. The molecule has 1 atom stereocenters. The summed E-state index contributed by atoms with van der Waals surface area (Å²) in [6.45, 7) is 2.78. The summed E-state index contributed by atoms with van der Waals surface area (Å²) in [5.41, 5.74) is -0.796. The predicted molar refractivity (Wildman–Crippen MR) is 128 cm³/mol. The molecular formula is C29H17F7O4. The Bertz CT molecular complexity index is 1480. The Hall–Kier alpha value is -4.67. The van der Waals surface area contributed by atoms with Crippen LogP contribution >= 0.6 is 0 Å². The van der Waals surface area contributed by atoms with Crippen molar-refractivity contribution in [1.82, 2.24) is 0 Å². The van der Waals surface area contributed by atoms with E-state index in [4.69, 9.17) is 9.47 Å². The summed E-state index contributed by atoms with van der Waals surface area (Å²) >= 11 is 0. The second-order valence-corrected chi connectivity index (χ2v) is 8.69. The third-order valence-corrected chi connectivity index (χ3v) is 6.06. The molecule has 11 heteroatoms. The molecular weight excluding hydrogens is 545 g/mol. The molecule has 0 fully saturated rings. The number of carbonyl (C=O) groups is 2. The van der Waals surface area contributed by atoms with Crippen LogP contribution in [-0.4, -0.2) is 11.9 Å². The second kappa shape index (κ2) is 11.2. The first-order valence-corrected chi connectivity index (χ1v) is 11.5. The van der Waals surface area contributed by atoms with Crippen LogP contribution in [0.5, 0.6) is 11.5 Å². The van der Waals surface area contributed by atoms with Gasteiger partial charge in [0.05, 0.1) is 11.1 Å². The number of esters is 2. The van der Waals surface area contributed by atoms with E-state index in [9.17, 15) is 40.3 Å².